The molecule has 2 N–H and O–H groups in total. The molecule has 0 saturated carbocycles. The SMILES string of the molecule is C[C@@H]1Cc2c(-c3ccc(F)cc3F)cc(C(N)=O)nc2O[C@H]1COC(F)F. The quantitative estimate of drug-likeness (QED) is 0.803. The lowest BCUT2D eigenvalue weighted by molar-refractivity contribution is -0.150. The summed E-state index contributed by atoms with van der Waals surface area (Å²) in [5, 5.41) is 0. The average molecular weight is 384 g/mol. The smallest absolute Gasteiger partial charge is 0.345 e. The molecule has 2 aromatic rings. The molecule has 1 aliphatic heterocycles. The predicted octanol–water partition coefficient (Wildman–Crippen LogP) is 3.30. The molecule has 1 aliphatic rings. The monoisotopic (exact) mass is 384 g/mol. The maximum Gasteiger partial charge on any atom is 0.345 e. The summed E-state index contributed by atoms with van der Waals surface area (Å²) in [6.07, 6.45) is -0.418. The van der Waals surface area contributed by atoms with Crippen molar-refractivity contribution in [2.45, 2.75) is 26.1 Å². The van der Waals surface area contributed by atoms with Crippen LogP contribution in [0.15, 0.2) is 24.3 Å². The van der Waals surface area contributed by atoms with Crippen LogP contribution < -0.4 is 10.5 Å². The lowest BCUT2D eigenvalue weighted by Gasteiger charge is -2.32. The molecule has 1 amide bonds. The van der Waals surface area contributed by atoms with Crippen molar-refractivity contribution in [1.82, 2.24) is 4.98 Å². The lowest BCUT2D eigenvalue weighted by Crippen LogP contribution is -2.36. The molecule has 0 saturated heterocycles. The molecule has 144 valence electrons. The number of primary amides is 1. The van der Waals surface area contributed by atoms with Crippen molar-refractivity contribution in [1.29, 1.82) is 0 Å². The van der Waals surface area contributed by atoms with E-state index in [0.717, 1.165) is 12.1 Å². The Morgan fingerprint density at radius 3 is 2.70 bits per heavy atom. The predicted molar refractivity (Wildman–Crippen MR) is 87.3 cm³/mol. The van der Waals surface area contributed by atoms with E-state index in [-0.39, 0.29) is 35.2 Å². The van der Waals surface area contributed by atoms with Gasteiger partial charge in [0.1, 0.15) is 23.4 Å². The number of aromatic nitrogens is 1. The van der Waals surface area contributed by atoms with Gasteiger partial charge < -0.3 is 15.2 Å². The highest BCUT2D eigenvalue weighted by Gasteiger charge is 2.32. The van der Waals surface area contributed by atoms with Gasteiger partial charge in [-0.3, -0.25) is 4.79 Å². The van der Waals surface area contributed by atoms with Crippen molar-refractivity contribution >= 4 is 5.91 Å². The summed E-state index contributed by atoms with van der Waals surface area (Å²) in [7, 11) is 0. The molecular weight excluding hydrogens is 368 g/mol. The van der Waals surface area contributed by atoms with Crippen molar-refractivity contribution in [2.75, 3.05) is 6.61 Å². The number of benzene rings is 1. The van der Waals surface area contributed by atoms with Crippen LogP contribution in [0.3, 0.4) is 0 Å². The van der Waals surface area contributed by atoms with Gasteiger partial charge in [0.15, 0.2) is 0 Å². The Bertz CT molecular complexity index is 876. The van der Waals surface area contributed by atoms with Crippen LogP contribution in [0, 0.1) is 17.6 Å². The van der Waals surface area contributed by atoms with E-state index in [9.17, 15) is 22.4 Å². The molecule has 1 aromatic heterocycles. The van der Waals surface area contributed by atoms with Crippen molar-refractivity contribution in [3.63, 3.8) is 0 Å². The molecule has 2 atom stereocenters. The van der Waals surface area contributed by atoms with E-state index in [4.69, 9.17) is 10.5 Å². The lowest BCUT2D eigenvalue weighted by atomic mass is 9.88. The van der Waals surface area contributed by atoms with Crippen LogP contribution in [-0.2, 0) is 11.2 Å². The van der Waals surface area contributed by atoms with Crippen LogP contribution in [0.2, 0.25) is 0 Å². The largest absolute Gasteiger partial charge is 0.471 e. The molecule has 0 radical (unpaired) electrons. The van der Waals surface area contributed by atoms with Crippen LogP contribution >= 0.6 is 0 Å². The first-order valence-electron chi connectivity index (χ1n) is 8.11. The Hall–Kier alpha value is -2.68. The van der Waals surface area contributed by atoms with E-state index < -0.39 is 30.3 Å². The molecule has 5 nitrogen and oxygen atoms in total. The van der Waals surface area contributed by atoms with Gasteiger partial charge >= 0.3 is 6.61 Å². The number of nitrogens with two attached hydrogens (primary N) is 1. The molecule has 0 bridgehead atoms. The number of hydrogen-bond acceptors (Lipinski definition) is 4. The van der Waals surface area contributed by atoms with Gasteiger partial charge in [-0.25, -0.2) is 13.8 Å². The van der Waals surface area contributed by atoms with Crippen molar-refractivity contribution in [2.24, 2.45) is 11.7 Å². The van der Waals surface area contributed by atoms with Crippen molar-refractivity contribution < 1.29 is 31.8 Å². The van der Waals surface area contributed by atoms with Gasteiger partial charge in [-0.15, -0.1) is 0 Å². The summed E-state index contributed by atoms with van der Waals surface area (Å²) in [5.74, 6) is -2.70. The number of hydrogen-bond donors (Lipinski definition) is 1. The molecule has 0 spiro atoms. The van der Waals surface area contributed by atoms with E-state index in [1.807, 2.05) is 0 Å². The number of amides is 1. The number of carbonyl (C=O) groups excluding carboxylic acids is 1. The summed E-state index contributed by atoms with van der Waals surface area (Å²) in [4.78, 5) is 15.6. The van der Waals surface area contributed by atoms with Gasteiger partial charge in [-0.05, 0) is 36.1 Å². The van der Waals surface area contributed by atoms with E-state index in [2.05, 4.69) is 9.72 Å². The third-order valence-electron chi connectivity index (χ3n) is 4.37. The first kappa shape index (κ1) is 19.1. The van der Waals surface area contributed by atoms with E-state index in [1.54, 1.807) is 6.92 Å². The number of nitrogens with zero attached hydrogens (tertiary/aromatic N) is 1. The van der Waals surface area contributed by atoms with Gasteiger partial charge in [-0.2, -0.15) is 8.78 Å². The number of alkyl halides is 2. The Kier molecular flexibility index (Phi) is 5.31. The second-order valence-electron chi connectivity index (χ2n) is 6.26. The molecule has 0 aliphatic carbocycles. The summed E-state index contributed by atoms with van der Waals surface area (Å²) in [6.45, 7) is -1.56. The van der Waals surface area contributed by atoms with Gasteiger partial charge in [0.2, 0.25) is 5.88 Å². The first-order valence-corrected chi connectivity index (χ1v) is 8.11. The molecule has 0 unspecified atom stereocenters. The highest BCUT2D eigenvalue weighted by molar-refractivity contribution is 5.93. The summed E-state index contributed by atoms with van der Waals surface area (Å²) in [5.41, 5.74) is 5.91. The van der Waals surface area contributed by atoms with Crippen LogP contribution in [0.4, 0.5) is 17.6 Å². The highest BCUT2D eigenvalue weighted by Crippen LogP contribution is 2.38. The maximum atomic E-state index is 14.3. The van der Waals surface area contributed by atoms with Gasteiger partial charge in [-0.1, -0.05) is 6.92 Å². The van der Waals surface area contributed by atoms with Gasteiger partial charge in [0.05, 0.1) is 6.61 Å². The van der Waals surface area contributed by atoms with E-state index >= 15 is 0 Å². The summed E-state index contributed by atoms with van der Waals surface area (Å²) in [6, 6.07) is 4.35. The minimum absolute atomic E-state index is 0.00834. The highest BCUT2D eigenvalue weighted by atomic mass is 19.3. The second kappa shape index (κ2) is 7.51. The number of fused-ring (bicyclic) bond motifs is 1. The minimum Gasteiger partial charge on any atom is -0.471 e. The molecule has 0 fully saturated rings. The average Bonchev–Trinajstić information content (AvgIpc) is 2.59. The Balaban J connectivity index is 2.07. The molecule has 2 heterocycles. The van der Waals surface area contributed by atoms with Crippen molar-refractivity contribution in [3.05, 3.63) is 47.2 Å². The fraction of sp³-hybridized carbons (Fsp3) is 0.333. The molecular formula is C18H16F4N2O3. The molecule has 9 heteroatoms. The number of halogens is 4. The number of carbonyl (C=O) groups is 1. The zero-order chi connectivity index (χ0) is 19.7. The Labute approximate surface area is 152 Å². The van der Waals surface area contributed by atoms with Crippen LogP contribution in [0.1, 0.15) is 23.0 Å². The fourth-order valence-electron chi connectivity index (χ4n) is 3.00. The number of ether oxygens (including phenoxy) is 2. The van der Waals surface area contributed by atoms with Gasteiger partial charge in [0.25, 0.3) is 5.91 Å². The van der Waals surface area contributed by atoms with Gasteiger partial charge in [0, 0.05) is 17.2 Å². The number of pyridine rings is 1. The standard InChI is InChI=1S/C18H16F4N2O3/c1-8-4-12-11(10-3-2-9(19)5-13(10)20)6-14(16(23)25)24-17(12)27-15(8)7-26-18(21)22/h2-3,5-6,8,15,18H,4,7H2,1H3,(H2,23,25)/t8-,15+/m1/s1. The topological polar surface area (TPSA) is 74.4 Å². The third-order valence-corrected chi connectivity index (χ3v) is 4.37. The molecule has 27 heavy (non-hydrogen) atoms. The minimum atomic E-state index is -2.95. The normalized spacial score (nSPS) is 18.9. The van der Waals surface area contributed by atoms with Crippen LogP contribution in [-0.4, -0.2) is 30.2 Å². The summed E-state index contributed by atoms with van der Waals surface area (Å²) < 4.78 is 62.1. The third kappa shape index (κ3) is 4.02. The first-order chi connectivity index (χ1) is 12.8. The van der Waals surface area contributed by atoms with E-state index in [0.29, 0.717) is 12.0 Å². The van der Waals surface area contributed by atoms with Crippen LogP contribution in [0.5, 0.6) is 5.88 Å². The summed E-state index contributed by atoms with van der Waals surface area (Å²) >= 11 is 0. The molecule has 3 rings (SSSR count). The Morgan fingerprint density at radius 2 is 2.07 bits per heavy atom. The zero-order valence-corrected chi connectivity index (χ0v) is 14.2. The maximum absolute atomic E-state index is 14.3. The molecule has 1 aromatic carbocycles. The van der Waals surface area contributed by atoms with Crippen molar-refractivity contribution in [3.8, 4) is 17.0 Å². The van der Waals surface area contributed by atoms with E-state index in [1.165, 1.54) is 12.1 Å². The number of rotatable bonds is 5. The zero-order valence-electron chi connectivity index (χ0n) is 14.2. The van der Waals surface area contributed by atoms with Crippen LogP contribution in [0.25, 0.3) is 11.1 Å². The Morgan fingerprint density at radius 1 is 1.33 bits per heavy atom. The second-order valence-corrected chi connectivity index (χ2v) is 6.26. The fourth-order valence-corrected chi connectivity index (χ4v) is 3.00.